The summed E-state index contributed by atoms with van der Waals surface area (Å²) in [5.41, 5.74) is -0.606. The third kappa shape index (κ3) is 2.79. The van der Waals surface area contributed by atoms with Crippen LogP contribution < -0.4 is 10.6 Å². The molecule has 1 aromatic heterocycles. The summed E-state index contributed by atoms with van der Waals surface area (Å²) < 4.78 is 0. The monoisotopic (exact) mass is 282 g/mol. The second kappa shape index (κ2) is 5.71. The number of aliphatic carboxylic acids is 1. The fourth-order valence-electron chi connectivity index (χ4n) is 2.44. The van der Waals surface area contributed by atoms with Crippen LogP contribution in [0.3, 0.4) is 0 Å². The molecule has 6 heteroatoms. The molecule has 2 rings (SSSR count). The molecule has 0 spiro atoms. The van der Waals surface area contributed by atoms with E-state index >= 15 is 0 Å². The number of amides is 1. The molecule has 1 aliphatic heterocycles. The number of carboxylic acid groups (broad SMARTS) is 1. The summed E-state index contributed by atoms with van der Waals surface area (Å²) >= 11 is 1.33. The highest BCUT2D eigenvalue weighted by Crippen LogP contribution is 2.26. The van der Waals surface area contributed by atoms with E-state index in [1.54, 1.807) is 17.5 Å². The standard InChI is InChI=1S/C13H18N2O3S/c1-2-13(6-4-7-14-13)12(18)15-10(11(16)17)9-5-3-8-19-9/h3,5,8,10,14H,2,4,6-7H2,1H3,(H,15,18)(H,16,17). The first-order valence-electron chi connectivity index (χ1n) is 6.41. The van der Waals surface area contributed by atoms with Crippen molar-refractivity contribution in [2.75, 3.05) is 6.54 Å². The smallest absolute Gasteiger partial charge is 0.331 e. The van der Waals surface area contributed by atoms with Crippen molar-refractivity contribution in [2.24, 2.45) is 0 Å². The molecule has 0 radical (unpaired) electrons. The predicted octanol–water partition coefficient (Wildman–Crippen LogP) is 1.52. The maximum absolute atomic E-state index is 12.4. The van der Waals surface area contributed by atoms with Gasteiger partial charge in [-0.25, -0.2) is 4.79 Å². The molecule has 0 bridgehead atoms. The normalized spacial score (nSPS) is 24.1. The molecule has 2 unspecified atom stereocenters. The van der Waals surface area contributed by atoms with Gasteiger partial charge in [0.2, 0.25) is 5.91 Å². The molecule has 19 heavy (non-hydrogen) atoms. The van der Waals surface area contributed by atoms with Crippen LogP contribution in [0.2, 0.25) is 0 Å². The maximum atomic E-state index is 12.4. The van der Waals surface area contributed by atoms with Crippen molar-refractivity contribution in [1.29, 1.82) is 0 Å². The Labute approximate surface area is 116 Å². The highest BCUT2D eigenvalue weighted by Gasteiger charge is 2.40. The lowest BCUT2D eigenvalue weighted by molar-refractivity contribution is -0.143. The number of hydrogen-bond acceptors (Lipinski definition) is 4. The van der Waals surface area contributed by atoms with Crippen LogP contribution in [0.1, 0.15) is 37.1 Å². The number of thiophene rings is 1. The van der Waals surface area contributed by atoms with E-state index < -0.39 is 17.6 Å². The van der Waals surface area contributed by atoms with Crippen LogP contribution in [-0.2, 0) is 9.59 Å². The Hall–Kier alpha value is -1.40. The molecule has 5 nitrogen and oxygen atoms in total. The van der Waals surface area contributed by atoms with E-state index in [1.165, 1.54) is 11.3 Å². The average Bonchev–Trinajstić information content (AvgIpc) is 3.06. The van der Waals surface area contributed by atoms with E-state index in [0.29, 0.717) is 11.3 Å². The number of carbonyl (C=O) groups is 2. The molecule has 1 saturated heterocycles. The summed E-state index contributed by atoms with van der Waals surface area (Å²) in [5.74, 6) is -1.24. The van der Waals surface area contributed by atoms with E-state index in [1.807, 2.05) is 6.92 Å². The van der Waals surface area contributed by atoms with Crippen molar-refractivity contribution in [3.05, 3.63) is 22.4 Å². The molecule has 1 aliphatic rings. The van der Waals surface area contributed by atoms with Crippen molar-refractivity contribution in [1.82, 2.24) is 10.6 Å². The first-order valence-corrected chi connectivity index (χ1v) is 7.29. The third-order valence-corrected chi connectivity index (χ3v) is 4.57. The van der Waals surface area contributed by atoms with E-state index in [2.05, 4.69) is 10.6 Å². The van der Waals surface area contributed by atoms with Gasteiger partial charge in [-0.05, 0) is 37.3 Å². The van der Waals surface area contributed by atoms with Gasteiger partial charge in [-0.3, -0.25) is 4.79 Å². The minimum Gasteiger partial charge on any atom is -0.479 e. The third-order valence-electron chi connectivity index (χ3n) is 3.63. The van der Waals surface area contributed by atoms with Gasteiger partial charge in [-0.1, -0.05) is 13.0 Å². The number of rotatable bonds is 5. The molecule has 1 aromatic rings. The fraction of sp³-hybridized carbons (Fsp3) is 0.538. The predicted molar refractivity (Wildman–Crippen MR) is 73.1 cm³/mol. The Bertz CT molecular complexity index is 452. The molecule has 0 aromatic carbocycles. The van der Waals surface area contributed by atoms with Gasteiger partial charge in [0, 0.05) is 4.88 Å². The molecule has 2 atom stereocenters. The summed E-state index contributed by atoms with van der Waals surface area (Å²) in [6, 6.07) is 2.55. The van der Waals surface area contributed by atoms with Gasteiger partial charge in [0.25, 0.3) is 0 Å². The number of hydrogen-bond donors (Lipinski definition) is 3. The number of carboxylic acids is 1. The first kappa shape index (κ1) is 14.0. The van der Waals surface area contributed by atoms with Crippen molar-refractivity contribution in [3.63, 3.8) is 0 Å². The molecule has 0 aliphatic carbocycles. The Morgan fingerprint density at radius 1 is 1.63 bits per heavy atom. The fourth-order valence-corrected chi connectivity index (χ4v) is 3.21. The Morgan fingerprint density at radius 3 is 2.89 bits per heavy atom. The average molecular weight is 282 g/mol. The molecule has 3 N–H and O–H groups in total. The summed E-state index contributed by atoms with van der Waals surface area (Å²) in [5, 5.41) is 16.9. The minimum absolute atomic E-state index is 0.215. The zero-order valence-electron chi connectivity index (χ0n) is 10.8. The molecule has 1 fully saturated rings. The van der Waals surface area contributed by atoms with Gasteiger partial charge in [0.15, 0.2) is 6.04 Å². The first-order chi connectivity index (χ1) is 9.09. The van der Waals surface area contributed by atoms with E-state index in [4.69, 9.17) is 0 Å². The molecular weight excluding hydrogens is 264 g/mol. The van der Waals surface area contributed by atoms with Gasteiger partial charge in [0.05, 0.1) is 5.54 Å². The highest BCUT2D eigenvalue weighted by molar-refractivity contribution is 7.10. The topological polar surface area (TPSA) is 78.4 Å². The van der Waals surface area contributed by atoms with Gasteiger partial charge >= 0.3 is 5.97 Å². The quantitative estimate of drug-likeness (QED) is 0.765. The summed E-state index contributed by atoms with van der Waals surface area (Å²) in [4.78, 5) is 24.3. The number of nitrogens with one attached hydrogen (secondary N) is 2. The Morgan fingerprint density at radius 2 is 2.42 bits per heavy atom. The van der Waals surface area contributed by atoms with Crippen molar-refractivity contribution in [3.8, 4) is 0 Å². The second-order valence-electron chi connectivity index (χ2n) is 4.73. The van der Waals surface area contributed by atoms with E-state index in [9.17, 15) is 14.7 Å². The Balaban J connectivity index is 2.13. The molecular formula is C13H18N2O3S. The lowest BCUT2D eigenvalue weighted by atomic mass is 9.92. The second-order valence-corrected chi connectivity index (χ2v) is 5.71. The zero-order valence-corrected chi connectivity index (χ0v) is 11.6. The van der Waals surface area contributed by atoms with Gasteiger partial charge in [0.1, 0.15) is 0 Å². The summed E-state index contributed by atoms with van der Waals surface area (Å²) in [6.45, 7) is 2.75. The largest absolute Gasteiger partial charge is 0.479 e. The maximum Gasteiger partial charge on any atom is 0.331 e. The van der Waals surface area contributed by atoms with Crippen LogP contribution in [0.25, 0.3) is 0 Å². The molecule has 104 valence electrons. The van der Waals surface area contributed by atoms with Crippen molar-refractivity contribution in [2.45, 2.75) is 37.8 Å². The van der Waals surface area contributed by atoms with Crippen LogP contribution in [0.5, 0.6) is 0 Å². The molecule has 0 saturated carbocycles. The van der Waals surface area contributed by atoms with Crippen molar-refractivity contribution >= 4 is 23.2 Å². The number of carbonyl (C=O) groups excluding carboxylic acids is 1. The lowest BCUT2D eigenvalue weighted by Crippen LogP contribution is -2.54. The van der Waals surface area contributed by atoms with Crippen LogP contribution in [0, 0.1) is 0 Å². The minimum atomic E-state index is -1.03. The molecule has 1 amide bonds. The van der Waals surface area contributed by atoms with Gasteiger partial charge in [-0.2, -0.15) is 0 Å². The van der Waals surface area contributed by atoms with Gasteiger partial charge in [-0.15, -0.1) is 11.3 Å². The zero-order chi connectivity index (χ0) is 13.9. The van der Waals surface area contributed by atoms with Crippen molar-refractivity contribution < 1.29 is 14.7 Å². The van der Waals surface area contributed by atoms with Crippen LogP contribution in [-0.4, -0.2) is 29.1 Å². The highest BCUT2D eigenvalue weighted by atomic mass is 32.1. The van der Waals surface area contributed by atoms with Crippen LogP contribution in [0.15, 0.2) is 17.5 Å². The van der Waals surface area contributed by atoms with Gasteiger partial charge < -0.3 is 15.7 Å². The lowest BCUT2D eigenvalue weighted by Gasteiger charge is -2.28. The molecule has 2 heterocycles. The SMILES string of the molecule is CCC1(C(=O)NC(C(=O)O)c2cccs2)CCCN1. The van der Waals surface area contributed by atoms with E-state index in [0.717, 1.165) is 19.4 Å². The Kier molecular flexibility index (Phi) is 4.21. The summed E-state index contributed by atoms with van der Waals surface area (Å²) in [7, 11) is 0. The summed E-state index contributed by atoms with van der Waals surface area (Å²) in [6.07, 6.45) is 2.36. The van der Waals surface area contributed by atoms with Crippen LogP contribution in [0.4, 0.5) is 0 Å². The van der Waals surface area contributed by atoms with Crippen LogP contribution >= 0.6 is 11.3 Å². The van der Waals surface area contributed by atoms with E-state index in [-0.39, 0.29) is 5.91 Å².